The monoisotopic (exact) mass is 891 g/mol. The quantitative estimate of drug-likeness (QED) is 0.187. The van der Waals surface area contributed by atoms with E-state index in [0.29, 0.717) is 39.5 Å². The van der Waals surface area contributed by atoms with Gasteiger partial charge in [0.15, 0.2) is 6.61 Å². The molecule has 3 heterocycles. The van der Waals surface area contributed by atoms with Crippen molar-refractivity contribution < 1.29 is 64.1 Å². The van der Waals surface area contributed by atoms with Crippen molar-refractivity contribution in [3.05, 3.63) is 41.4 Å². The van der Waals surface area contributed by atoms with Gasteiger partial charge in [-0.05, 0) is 76.3 Å². The normalized spacial score (nSPS) is 27.9. The summed E-state index contributed by atoms with van der Waals surface area (Å²) in [5.41, 5.74) is -4.88. The molecule has 0 radical (unpaired) electrons. The van der Waals surface area contributed by atoms with E-state index >= 15 is 4.79 Å². The molecule has 3 fully saturated rings. The highest BCUT2D eigenvalue weighted by molar-refractivity contribution is 7.91. The third kappa shape index (κ3) is 9.23. The number of alkyl halides is 5. The number of nitrogens with one attached hydrogen (secondary N) is 2. The fourth-order valence-electron chi connectivity index (χ4n) is 8.14. The number of halogens is 6. The van der Waals surface area contributed by atoms with Gasteiger partial charge in [-0.25, -0.2) is 22.0 Å². The van der Waals surface area contributed by atoms with E-state index in [9.17, 15) is 49.9 Å². The molecule has 0 spiro atoms. The van der Waals surface area contributed by atoms with Crippen LogP contribution in [0.5, 0.6) is 11.8 Å². The number of amides is 4. The highest BCUT2D eigenvalue weighted by Crippen LogP contribution is 2.47. The van der Waals surface area contributed by atoms with Crippen molar-refractivity contribution in [2.45, 2.75) is 120 Å². The molecule has 2 aromatic rings. The number of hydrogen-bond donors (Lipinski definition) is 3. The van der Waals surface area contributed by atoms with Gasteiger partial charge in [0.1, 0.15) is 29.3 Å². The zero-order valence-corrected chi connectivity index (χ0v) is 34.8. The predicted molar refractivity (Wildman–Crippen MR) is 207 cm³/mol. The maximum atomic E-state index is 15.0. The molecule has 14 nitrogen and oxygen atoms in total. The van der Waals surface area contributed by atoms with E-state index in [4.69, 9.17) is 21.1 Å². The number of benzene rings is 1. The lowest BCUT2D eigenvalue weighted by molar-refractivity contribution is -0.222. The highest BCUT2D eigenvalue weighted by atomic mass is 35.5. The summed E-state index contributed by atoms with van der Waals surface area (Å²) in [4.78, 5) is 61.5. The second-order valence-corrected chi connectivity index (χ2v) is 19.1. The average molecular weight is 892 g/mol. The number of rotatable bonds is 10. The van der Waals surface area contributed by atoms with E-state index in [1.807, 2.05) is 0 Å². The van der Waals surface area contributed by atoms with Crippen molar-refractivity contribution in [2.75, 3.05) is 13.2 Å². The number of pyridine rings is 1. The summed E-state index contributed by atoms with van der Waals surface area (Å²) in [6.07, 6.45) is -6.52. The van der Waals surface area contributed by atoms with Crippen LogP contribution in [0, 0.1) is 17.8 Å². The van der Waals surface area contributed by atoms with Crippen LogP contribution in [0.2, 0.25) is 5.02 Å². The molecule has 60 heavy (non-hydrogen) atoms. The molecule has 0 unspecified atom stereocenters. The topological polar surface area (TPSA) is 185 Å². The van der Waals surface area contributed by atoms with Crippen LogP contribution in [-0.2, 0) is 24.4 Å². The van der Waals surface area contributed by atoms with Gasteiger partial charge in [0, 0.05) is 34.2 Å². The maximum Gasteiger partial charge on any atom is 0.411 e. The number of ether oxygens (including phenoxy) is 2. The number of hydrogen-bond acceptors (Lipinski definition) is 9. The summed E-state index contributed by atoms with van der Waals surface area (Å²) >= 11 is 6.43. The summed E-state index contributed by atoms with van der Waals surface area (Å²) in [5.74, 6) is -5.58. The van der Waals surface area contributed by atoms with Crippen molar-refractivity contribution in [2.24, 2.45) is 17.8 Å². The highest BCUT2D eigenvalue weighted by Gasteiger charge is 2.63. The lowest BCUT2D eigenvalue weighted by atomic mass is 9.85. The minimum absolute atomic E-state index is 0.00822. The van der Waals surface area contributed by atoms with Crippen LogP contribution >= 0.6 is 11.6 Å². The Balaban J connectivity index is 1.44. The lowest BCUT2D eigenvalue weighted by Gasteiger charge is -2.45. The molecule has 4 amide bonds. The number of carboxylic acid groups (broad SMARTS) is 1. The fraction of sp³-hybridized carbons (Fsp3) is 0.615. The van der Waals surface area contributed by atoms with E-state index in [-0.39, 0.29) is 57.6 Å². The van der Waals surface area contributed by atoms with Crippen LogP contribution in [0.15, 0.2) is 36.4 Å². The number of sulfonamides is 1. The maximum absolute atomic E-state index is 15.0. The van der Waals surface area contributed by atoms with E-state index < -0.39 is 106 Å². The molecule has 7 atom stereocenters. The number of carbonyl (C=O) groups is 4. The predicted octanol–water partition coefficient (Wildman–Crippen LogP) is 6.07. The van der Waals surface area contributed by atoms with Gasteiger partial charge in [0.2, 0.25) is 33.6 Å². The number of carbonyl (C=O) groups excluding carboxylic acids is 3. The molecule has 0 bridgehead atoms. The van der Waals surface area contributed by atoms with Gasteiger partial charge >= 0.3 is 12.3 Å². The molecule has 6 rings (SSSR count). The Morgan fingerprint density at radius 2 is 1.83 bits per heavy atom. The molecule has 1 aromatic carbocycles. The van der Waals surface area contributed by atoms with Crippen LogP contribution < -0.4 is 19.5 Å². The molecule has 330 valence electrons. The van der Waals surface area contributed by atoms with Crippen molar-refractivity contribution in [1.29, 1.82) is 0 Å². The van der Waals surface area contributed by atoms with Crippen molar-refractivity contribution in [1.82, 2.24) is 24.8 Å². The van der Waals surface area contributed by atoms with Crippen molar-refractivity contribution in [3.8, 4) is 11.8 Å². The first-order valence-electron chi connectivity index (χ1n) is 19.6. The van der Waals surface area contributed by atoms with Crippen LogP contribution in [-0.4, -0.2) is 112 Å². The van der Waals surface area contributed by atoms with Crippen molar-refractivity contribution in [3.63, 3.8) is 0 Å². The molecule has 3 N–H and O–H groups in total. The minimum Gasteiger partial charge on any atom is -0.472 e. The van der Waals surface area contributed by atoms with Gasteiger partial charge in [-0.2, -0.15) is 18.2 Å². The van der Waals surface area contributed by atoms with Gasteiger partial charge in [-0.3, -0.25) is 24.0 Å². The van der Waals surface area contributed by atoms with Gasteiger partial charge < -0.3 is 24.8 Å². The summed E-state index contributed by atoms with van der Waals surface area (Å²) in [7, 11) is -4.08. The van der Waals surface area contributed by atoms with Crippen molar-refractivity contribution >= 4 is 56.2 Å². The van der Waals surface area contributed by atoms with Gasteiger partial charge in [-0.15, -0.1) is 0 Å². The minimum atomic E-state index is -5.15. The van der Waals surface area contributed by atoms with Gasteiger partial charge in [-0.1, -0.05) is 43.7 Å². The molecule has 4 aliphatic rings. The largest absolute Gasteiger partial charge is 0.472 e. The Morgan fingerprint density at radius 3 is 2.47 bits per heavy atom. The molecule has 21 heteroatoms. The second-order valence-electron chi connectivity index (χ2n) is 16.7. The standard InChI is InChI=1S/C39H47ClF5N5O9S/c1-20-8-5-6-9-22-17-38(22,35(53)48-60(56,57)24-12-13-24)47-32(51)28-15-23(59-33-25-10-7-11-27(40)26(25)16-30(46-33)58-19-29(41)42)18-49(28)34(52)31(21(2)14-20)50(36(54)55)37(3,4)39(43,44)45/h6-7,9-11,16,20-24,28-29,31H,5,8,12-15,17-19H2,1-4H3,(H,47,51)(H,48,53)(H,54,55)/t20-,21-,22-,23-,28+,31+,38-/m1/s1. The van der Waals surface area contributed by atoms with E-state index in [1.54, 1.807) is 31.2 Å². The lowest BCUT2D eigenvalue weighted by Crippen LogP contribution is -2.66. The van der Waals surface area contributed by atoms with Crippen LogP contribution in [0.3, 0.4) is 0 Å². The summed E-state index contributed by atoms with van der Waals surface area (Å²) in [6.45, 7) is 3.00. The average Bonchev–Trinajstić information content (AvgIpc) is 4.07. The van der Waals surface area contributed by atoms with Gasteiger partial charge in [0.05, 0.1) is 11.8 Å². The Hall–Kier alpha value is -4.46. The molecule has 2 aliphatic carbocycles. The zero-order chi connectivity index (χ0) is 44.1. The number of nitrogens with zero attached hydrogens (tertiary/aromatic N) is 3. The molecular weight excluding hydrogens is 845 g/mol. The van der Waals surface area contributed by atoms with Gasteiger partial charge in [0.25, 0.3) is 12.3 Å². The third-order valence-corrected chi connectivity index (χ3v) is 13.9. The number of aromatic nitrogens is 1. The van der Waals surface area contributed by atoms with E-state index in [0.717, 1.165) is 4.90 Å². The van der Waals surface area contributed by atoms with Crippen LogP contribution in [0.1, 0.15) is 72.6 Å². The molecule has 2 saturated carbocycles. The first-order valence-corrected chi connectivity index (χ1v) is 21.5. The number of allylic oxidation sites excluding steroid dienone is 1. The van der Waals surface area contributed by atoms with E-state index in [2.05, 4.69) is 15.0 Å². The zero-order valence-electron chi connectivity index (χ0n) is 33.2. The summed E-state index contributed by atoms with van der Waals surface area (Å²) in [5, 5.41) is 13.1. The first-order chi connectivity index (χ1) is 28.0. The number of fused-ring (bicyclic) bond motifs is 3. The Morgan fingerprint density at radius 1 is 1.13 bits per heavy atom. The van der Waals surface area contributed by atoms with Crippen LogP contribution in [0.25, 0.3) is 10.8 Å². The smallest absolute Gasteiger partial charge is 0.411 e. The summed E-state index contributed by atoms with van der Waals surface area (Å²) < 4.78 is 110. The SMILES string of the molecule is C[C@@H]1CCC=C[C@@H]2C[C@@]2(C(=O)NS(=O)(=O)C2CC2)NC(=O)[C@@H]2C[C@@H](Oc3nc(OCC(F)F)cc4c(Cl)cccc34)CN2C(=O)[C@@H](N(C(=O)O)C(C)(C)C(F)(F)F)[C@H](C)C1. The molecular formula is C39H47ClF5N5O9S. The Kier molecular flexibility index (Phi) is 12.6. The summed E-state index contributed by atoms with van der Waals surface area (Å²) in [6, 6.07) is 2.34. The van der Waals surface area contributed by atoms with E-state index in [1.165, 1.54) is 19.1 Å². The Labute approximate surface area is 348 Å². The molecule has 1 aromatic heterocycles. The third-order valence-electron chi connectivity index (χ3n) is 11.8. The Bertz CT molecular complexity index is 2160. The molecule has 1 saturated heterocycles. The fourth-order valence-corrected chi connectivity index (χ4v) is 9.73. The molecule has 2 aliphatic heterocycles. The van der Waals surface area contributed by atoms with Crippen LogP contribution in [0.4, 0.5) is 26.7 Å². The first kappa shape index (κ1) is 45.1. The second kappa shape index (κ2) is 16.8.